The molecule has 0 bridgehead atoms. The Labute approximate surface area is 662 Å². The molecule has 4 aromatic carbocycles. The maximum atomic E-state index is 13.1. The van der Waals surface area contributed by atoms with E-state index in [2.05, 4.69) is 10.6 Å². The van der Waals surface area contributed by atoms with Crippen LogP contribution in [0.1, 0.15) is 60.3 Å². The van der Waals surface area contributed by atoms with Gasteiger partial charge in [0.2, 0.25) is 11.8 Å². The molecule has 4 amide bonds. The molecule has 0 fully saturated rings. The minimum atomic E-state index is -5.10. The van der Waals surface area contributed by atoms with Crippen LogP contribution in [0.25, 0.3) is 11.1 Å². The number of hydrogen-bond acceptors (Lipinski definition) is 23. The fourth-order valence-corrected chi connectivity index (χ4v) is 10.6. The van der Waals surface area contributed by atoms with E-state index in [1.54, 1.807) is 60.7 Å². The average Bonchev–Trinajstić information content (AvgIpc) is 2.39. The van der Waals surface area contributed by atoms with Crippen molar-refractivity contribution in [2.24, 2.45) is 11.7 Å². The Morgan fingerprint density at radius 2 is 0.847 bits per heavy atom. The molecule has 6 N–H and O–H groups in total. The van der Waals surface area contributed by atoms with Gasteiger partial charge < -0.3 is 59.4 Å². The summed E-state index contributed by atoms with van der Waals surface area (Å²) in [6, 6.07) is 27.1. The molecule has 0 aromatic heterocycles. The topological polar surface area (TPSA) is 450 Å². The zero-order valence-electron chi connectivity index (χ0n) is 46.9. The minimum Gasteiger partial charge on any atom is -0.748 e. The fraction of sp³-hybridized carbons (Fsp3) is 0.380. The Kier molecular flexibility index (Phi) is 41.4. The predicted molar refractivity (Wildman–Crippen MR) is 281 cm³/mol. The predicted octanol–water partition coefficient (Wildman–Crippen LogP) is -11.6. The van der Waals surface area contributed by atoms with Crippen LogP contribution in [0.5, 0.6) is 0 Å². The van der Waals surface area contributed by atoms with Crippen molar-refractivity contribution < 1.29 is 305 Å². The van der Waals surface area contributed by atoms with Crippen LogP contribution in [0.4, 0.5) is 9.59 Å². The first kappa shape index (κ1) is 84.3. The summed E-state index contributed by atoms with van der Waals surface area (Å²) in [6.45, 7) is -0.243. The van der Waals surface area contributed by atoms with Crippen molar-refractivity contribution in [3.8, 4) is 11.1 Å². The van der Waals surface area contributed by atoms with Crippen molar-refractivity contribution in [1.82, 2.24) is 21.3 Å². The smallest absolute Gasteiger partial charge is 0.748 e. The number of benzene rings is 4. The van der Waals surface area contributed by atoms with E-state index >= 15 is 0 Å². The molecule has 0 radical (unpaired) electrons. The molecule has 0 heterocycles. The summed E-state index contributed by atoms with van der Waals surface area (Å²) in [4.78, 5) is 86.5. The van der Waals surface area contributed by atoms with E-state index in [4.69, 9.17) is 19.9 Å². The number of carbonyl (C=O) groups is 7. The summed E-state index contributed by atoms with van der Waals surface area (Å²) in [5, 5.41) is 8.69. The Morgan fingerprint density at radius 3 is 1.24 bits per heavy atom. The van der Waals surface area contributed by atoms with Gasteiger partial charge in [0, 0.05) is 31.8 Å². The summed E-state index contributed by atoms with van der Waals surface area (Å²) >= 11 is 0. The second-order valence-corrected chi connectivity index (χ2v) is 23.8. The van der Waals surface area contributed by atoms with Crippen LogP contribution in [0.3, 0.4) is 0 Å². The molecule has 27 nitrogen and oxygen atoms in total. The molecular weight excluding hydrogens is 1310 g/mol. The van der Waals surface area contributed by atoms with Crippen molar-refractivity contribution in [2.45, 2.75) is 69.4 Å². The van der Waals surface area contributed by atoms with Gasteiger partial charge in [-0.3, -0.25) is 24.0 Å². The number of nitrogens with two attached hydrogens (primary N) is 1. The van der Waals surface area contributed by atoms with Crippen molar-refractivity contribution in [1.29, 1.82) is 0 Å². The molecule has 0 saturated heterocycles. The normalized spacial score (nSPS) is 13.0. The zero-order chi connectivity index (χ0) is 60.0. The number of nitrogens with one attached hydrogen (secondary N) is 4. The van der Waals surface area contributed by atoms with E-state index in [9.17, 15) is 85.4 Å². The number of Topliss-reactive ketones (excluding diaryl/α,β-unsaturated/α-hetero) is 2. The summed E-state index contributed by atoms with van der Waals surface area (Å²) in [6.07, 6.45) is -3.18. The van der Waals surface area contributed by atoms with Crippen LogP contribution < -0.4 is 233 Å². The van der Waals surface area contributed by atoms with Gasteiger partial charge in [-0.15, -0.1) is 0 Å². The third-order valence-corrected chi connectivity index (χ3v) is 14.7. The van der Waals surface area contributed by atoms with Gasteiger partial charge in [-0.05, 0) is 46.2 Å². The summed E-state index contributed by atoms with van der Waals surface area (Å²) in [5.41, 5.74) is 10.5. The Hall–Kier alpha value is -0.685. The molecule has 0 unspecified atom stereocenters. The SMILES string of the molecule is N[C@@H](CS(=O)(=O)[O-])C(=O)N[C@@H](CS(=O)(=O)[O-])C(=O)CCCNC(=O)OCc1ccccc1.O=C(C[C@@H](CS(=O)(=O)[O-])C(=O)N[C@@H](CS(=O)(=O)[O-])C(=O)CCCNC(=O)OCc1ccccc1)OCC1c2ccccc2-c2ccccc21.[K+].[K+].[K+].[K+]. The van der Waals surface area contributed by atoms with Crippen LogP contribution in [0.15, 0.2) is 109 Å². The molecule has 0 aliphatic heterocycles. The molecule has 0 saturated carbocycles. The number of esters is 1. The second-order valence-electron chi connectivity index (χ2n) is 18.1. The van der Waals surface area contributed by atoms with Crippen molar-refractivity contribution >= 4 is 82.0 Å². The first-order valence-corrected chi connectivity index (χ1v) is 30.7. The standard InChI is InChI=1S/C33H36N2O12S2.C17H25N3O10S2.4K/c36-30(15-8-16-34-33(39)47-18-22-9-2-1-3-10-22)29(21-49(43,44)45)35-32(38)23(20-48(40,41)42)17-31(37)46-19-28-26-13-6-4-11-24(26)25-12-5-7-14-27(25)28;18-13(10-31(24,25)26)16(22)20-14(11-32(27,28)29)15(21)7-4-8-19-17(23)30-9-12-5-2-1-3-6-12;;;;/h1-7,9-14,23,28-29H,8,15-21H2,(H,34,39)(H,35,38)(H,40,41,42)(H,43,44,45);1-3,5-6,13-14H,4,7-11,18H2,(H,19,23)(H,20,22)(H,24,25,26)(H,27,28,29);;;;/q;;4*+1/p-4/t23-,29-;13-,14-;;;;/m00..../s1. The number of alkyl carbamates (subject to hydrolysis) is 2. The van der Waals surface area contributed by atoms with Gasteiger partial charge in [-0.25, -0.2) is 43.3 Å². The quantitative estimate of drug-likeness (QED) is 0.0106. The summed E-state index contributed by atoms with van der Waals surface area (Å²) < 4.78 is 150. The summed E-state index contributed by atoms with van der Waals surface area (Å²) in [5.74, 6) is -12.9. The first-order valence-electron chi connectivity index (χ1n) is 24.4. The minimum absolute atomic E-state index is 0. The zero-order valence-corrected chi connectivity index (χ0v) is 62.6. The third-order valence-electron chi connectivity index (χ3n) is 11.6. The first-order chi connectivity index (χ1) is 38.0. The van der Waals surface area contributed by atoms with E-state index < -0.39 is 142 Å². The Bertz CT molecular complexity index is 3280. The number of amides is 4. The average molecular weight is 1360 g/mol. The van der Waals surface area contributed by atoms with Gasteiger partial charge in [0.05, 0.1) is 81.9 Å². The van der Waals surface area contributed by atoms with E-state index in [-0.39, 0.29) is 264 Å². The Morgan fingerprint density at radius 1 is 0.482 bits per heavy atom. The third kappa shape index (κ3) is 34.5. The molecular formula is C50H57K4N5O22S4. The largest absolute Gasteiger partial charge is 1.00 e. The molecule has 35 heteroatoms. The van der Waals surface area contributed by atoms with Gasteiger partial charge >= 0.3 is 224 Å². The molecule has 4 atom stereocenters. The van der Waals surface area contributed by atoms with Crippen LogP contribution in [0.2, 0.25) is 0 Å². The number of fused-ring (bicyclic) bond motifs is 3. The molecule has 0 spiro atoms. The fourth-order valence-electron chi connectivity index (χ4n) is 7.85. The van der Waals surface area contributed by atoms with Crippen molar-refractivity contribution in [3.05, 3.63) is 131 Å². The second kappa shape index (κ2) is 41.7. The monoisotopic (exact) mass is 1360 g/mol. The van der Waals surface area contributed by atoms with E-state index in [1.807, 2.05) is 59.2 Å². The maximum Gasteiger partial charge on any atom is 1.00 e. The van der Waals surface area contributed by atoms with Crippen LogP contribution in [-0.2, 0) is 91.9 Å². The van der Waals surface area contributed by atoms with Crippen molar-refractivity contribution in [3.63, 3.8) is 0 Å². The molecule has 85 heavy (non-hydrogen) atoms. The molecule has 1 aliphatic rings. The number of rotatable bonds is 30. The molecule has 442 valence electrons. The number of ether oxygens (including phenoxy) is 3. The van der Waals surface area contributed by atoms with Crippen LogP contribution in [-0.4, -0.2) is 154 Å². The maximum absolute atomic E-state index is 13.1. The van der Waals surface area contributed by atoms with Crippen LogP contribution >= 0.6 is 0 Å². The van der Waals surface area contributed by atoms with E-state index in [0.29, 0.717) is 0 Å². The van der Waals surface area contributed by atoms with Gasteiger partial charge in [0.25, 0.3) is 0 Å². The number of ketones is 2. The number of hydrogen-bond donors (Lipinski definition) is 5. The number of carbonyl (C=O) groups excluding carboxylic acids is 7. The summed E-state index contributed by atoms with van der Waals surface area (Å²) in [7, 11) is -20.0. The van der Waals surface area contributed by atoms with Crippen LogP contribution in [0, 0.1) is 5.92 Å². The Balaban J connectivity index is 0.00000172. The van der Waals surface area contributed by atoms with Gasteiger partial charge in [-0.2, -0.15) is 0 Å². The van der Waals surface area contributed by atoms with E-state index in [0.717, 1.165) is 33.4 Å². The molecule has 4 aromatic rings. The van der Waals surface area contributed by atoms with Gasteiger partial charge in [0.15, 0.2) is 11.6 Å². The van der Waals surface area contributed by atoms with Crippen molar-refractivity contribution in [2.75, 3.05) is 42.7 Å². The van der Waals surface area contributed by atoms with Gasteiger partial charge in [-0.1, -0.05) is 109 Å². The van der Waals surface area contributed by atoms with Gasteiger partial charge in [0.1, 0.15) is 31.9 Å². The molecule has 1 aliphatic carbocycles. The molecule has 5 rings (SSSR count). The van der Waals surface area contributed by atoms with E-state index in [1.165, 1.54) is 0 Å².